The van der Waals surface area contributed by atoms with Crippen molar-refractivity contribution in [3.63, 3.8) is 0 Å². The Morgan fingerprint density at radius 2 is 1.85 bits per heavy atom. The molecule has 0 bridgehead atoms. The van der Waals surface area contributed by atoms with E-state index in [1.54, 1.807) is 0 Å². The summed E-state index contributed by atoms with van der Waals surface area (Å²) in [6.07, 6.45) is 8.07. The molecule has 116 valence electrons. The van der Waals surface area contributed by atoms with E-state index in [1.165, 1.54) is 64.7 Å². The first-order chi connectivity index (χ1) is 9.77. The van der Waals surface area contributed by atoms with E-state index in [1.807, 2.05) is 7.05 Å². The first-order valence-electron chi connectivity index (χ1n) is 8.53. The highest BCUT2D eigenvalue weighted by Crippen LogP contribution is 2.40. The summed E-state index contributed by atoms with van der Waals surface area (Å²) >= 11 is 0. The van der Waals surface area contributed by atoms with Gasteiger partial charge in [-0.15, -0.1) is 0 Å². The molecular weight excluding hydrogens is 250 g/mol. The molecule has 0 aromatic rings. The summed E-state index contributed by atoms with van der Waals surface area (Å²) in [5.74, 6) is 0.687. The molecule has 3 aliphatic rings. The lowest BCUT2D eigenvalue weighted by Crippen LogP contribution is -2.56. The van der Waals surface area contributed by atoms with Crippen molar-refractivity contribution in [3.05, 3.63) is 0 Å². The molecule has 1 aliphatic carbocycles. The van der Waals surface area contributed by atoms with Crippen LogP contribution < -0.4 is 5.32 Å². The lowest BCUT2D eigenvalue weighted by Gasteiger charge is -2.37. The third kappa shape index (κ3) is 3.03. The molecule has 2 atom stereocenters. The molecule has 20 heavy (non-hydrogen) atoms. The maximum atomic E-state index is 9.86. The van der Waals surface area contributed by atoms with Crippen molar-refractivity contribution in [2.24, 2.45) is 5.92 Å². The number of hydrogen-bond acceptors (Lipinski definition) is 4. The largest absolute Gasteiger partial charge is 0.394 e. The zero-order valence-electron chi connectivity index (χ0n) is 13.0. The third-order valence-electron chi connectivity index (χ3n) is 5.80. The molecule has 0 radical (unpaired) electrons. The van der Waals surface area contributed by atoms with Crippen molar-refractivity contribution in [1.29, 1.82) is 0 Å². The second-order valence-corrected chi connectivity index (χ2v) is 7.11. The molecular formula is C16H31N3O. The number of aliphatic hydroxyl groups is 1. The molecule has 4 heteroatoms. The molecule has 0 amide bonds. The summed E-state index contributed by atoms with van der Waals surface area (Å²) in [5, 5.41) is 13.3. The Balaban J connectivity index is 1.53. The van der Waals surface area contributed by atoms with Crippen LogP contribution in [0.4, 0.5) is 0 Å². The molecule has 0 aromatic heterocycles. The Kier molecular flexibility index (Phi) is 4.65. The zero-order chi connectivity index (χ0) is 14.0. The smallest absolute Gasteiger partial charge is 0.0628 e. The minimum Gasteiger partial charge on any atom is -0.394 e. The van der Waals surface area contributed by atoms with Crippen LogP contribution in [0.15, 0.2) is 0 Å². The van der Waals surface area contributed by atoms with Crippen LogP contribution in [0.3, 0.4) is 0 Å². The number of piperidine rings is 1. The van der Waals surface area contributed by atoms with E-state index in [9.17, 15) is 5.11 Å². The third-order valence-corrected chi connectivity index (χ3v) is 5.80. The number of likely N-dealkylation sites (tertiary alicyclic amines) is 2. The van der Waals surface area contributed by atoms with Gasteiger partial charge in [-0.05, 0) is 64.7 Å². The number of nitrogens with zero attached hydrogens (tertiary/aromatic N) is 2. The predicted molar refractivity (Wildman–Crippen MR) is 81.9 cm³/mol. The first-order valence-corrected chi connectivity index (χ1v) is 8.53. The number of aliphatic hydroxyl groups excluding tert-OH is 1. The van der Waals surface area contributed by atoms with Crippen LogP contribution >= 0.6 is 0 Å². The first kappa shape index (κ1) is 14.8. The van der Waals surface area contributed by atoms with Gasteiger partial charge in [0.05, 0.1) is 12.1 Å². The Morgan fingerprint density at radius 3 is 2.45 bits per heavy atom. The van der Waals surface area contributed by atoms with Gasteiger partial charge in [-0.1, -0.05) is 6.42 Å². The number of likely N-dealkylation sites (N-methyl/N-ethyl adjacent to an activating group) is 1. The molecule has 3 fully saturated rings. The summed E-state index contributed by atoms with van der Waals surface area (Å²) in [7, 11) is 2.02. The summed E-state index contributed by atoms with van der Waals surface area (Å²) in [6, 6.07) is 0.766. The van der Waals surface area contributed by atoms with Gasteiger partial charge in [0.1, 0.15) is 0 Å². The van der Waals surface area contributed by atoms with Crippen molar-refractivity contribution in [2.45, 2.75) is 50.1 Å². The van der Waals surface area contributed by atoms with E-state index >= 15 is 0 Å². The average Bonchev–Trinajstić information content (AvgIpc) is 3.26. The maximum absolute atomic E-state index is 9.86. The molecule has 2 heterocycles. The van der Waals surface area contributed by atoms with Gasteiger partial charge in [-0.3, -0.25) is 9.80 Å². The highest BCUT2D eigenvalue weighted by atomic mass is 16.3. The quantitative estimate of drug-likeness (QED) is 0.759. The second kappa shape index (κ2) is 6.30. The van der Waals surface area contributed by atoms with E-state index < -0.39 is 0 Å². The van der Waals surface area contributed by atoms with Gasteiger partial charge in [0.2, 0.25) is 0 Å². The normalized spacial score (nSPS) is 32.4. The number of nitrogens with one attached hydrogen (secondary N) is 1. The predicted octanol–water partition coefficient (Wildman–Crippen LogP) is 0.907. The Morgan fingerprint density at radius 1 is 1.10 bits per heavy atom. The van der Waals surface area contributed by atoms with E-state index in [0.717, 1.165) is 12.6 Å². The molecule has 0 spiro atoms. The molecule has 2 N–H and O–H groups in total. The molecule has 2 saturated heterocycles. The molecule has 2 unspecified atom stereocenters. The van der Waals surface area contributed by atoms with Crippen molar-refractivity contribution in [3.8, 4) is 0 Å². The fraction of sp³-hybridized carbons (Fsp3) is 1.00. The summed E-state index contributed by atoms with van der Waals surface area (Å²) in [4.78, 5) is 5.30. The van der Waals surface area contributed by atoms with Crippen LogP contribution in [-0.4, -0.2) is 72.9 Å². The van der Waals surface area contributed by atoms with Crippen molar-refractivity contribution >= 4 is 0 Å². The fourth-order valence-corrected chi connectivity index (χ4v) is 4.24. The molecule has 1 saturated carbocycles. The van der Waals surface area contributed by atoms with E-state index in [4.69, 9.17) is 0 Å². The Hall–Kier alpha value is -0.160. The maximum Gasteiger partial charge on any atom is 0.0628 e. The van der Waals surface area contributed by atoms with Crippen LogP contribution in [0.2, 0.25) is 0 Å². The number of hydrogen-bond donors (Lipinski definition) is 2. The minimum absolute atomic E-state index is 0.0449. The molecule has 4 nitrogen and oxygen atoms in total. The monoisotopic (exact) mass is 281 g/mol. The summed E-state index contributed by atoms with van der Waals surface area (Å²) in [5.41, 5.74) is -0.0449. The van der Waals surface area contributed by atoms with Gasteiger partial charge in [0.15, 0.2) is 0 Å². The molecule has 0 aromatic carbocycles. The summed E-state index contributed by atoms with van der Waals surface area (Å²) < 4.78 is 0. The van der Waals surface area contributed by atoms with Crippen molar-refractivity contribution < 1.29 is 5.11 Å². The SMILES string of the molecule is CNC(CO)(CN1CCC(N2CCCCC2)C1)C1CC1. The van der Waals surface area contributed by atoms with Gasteiger partial charge in [-0.25, -0.2) is 0 Å². The standard InChI is InChI=1S/C16H31N3O/c1-17-16(13-20,14-5-6-14)12-18-10-7-15(11-18)19-8-3-2-4-9-19/h14-15,17,20H,2-13H2,1H3. The summed E-state index contributed by atoms with van der Waals surface area (Å²) in [6.45, 7) is 6.32. The minimum atomic E-state index is -0.0449. The van der Waals surface area contributed by atoms with Crippen LogP contribution in [0.5, 0.6) is 0 Å². The highest BCUT2D eigenvalue weighted by molar-refractivity contribution is 5.03. The lowest BCUT2D eigenvalue weighted by atomic mass is 9.93. The van der Waals surface area contributed by atoms with Crippen molar-refractivity contribution in [2.75, 3.05) is 46.4 Å². The number of rotatable bonds is 6. The Labute approximate surface area is 123 Å². The van der Waals surface area contributed by atoms with Gasteiger partial charge in [-0.2, -0.15) is 0 Å². The Bertz CT molecular complexity index is 309. The lowest BCUT2D eigenvalue weighted by molar-refractivity contribution is 0.0993. The second-order valence-electron chi connectivity index (χ2n) is 7.11. The van der Waals surface area contributed by atoms with Gasteiger partial charge >= 0.3 is 0 Å². The van der Waals surface area contributed by atoms with Crippen LogP contribution in [0, 0.1) is 5.92 Å². The van der Waals surface area contributed by atoms with Crippen LogP contribution in [0.1, 0.15) is 38.5 Å². The molecule has 2 aliphatic heterocycles. The average molecular weight is 281 g/mol. The van der Waals surface area contributed by atoms with E-state index in [2.05, 4.69) is 15.1 Å². The highest BCUT2D eigenvalue weighted by Gasteiger charge is 2.45. The van der Waals surface area contributed by atoms with Crippen LogP contribution in [-0.2, 0) is 0 Å². The molecule has 3 rings (SSSR count). The fourth-order valence-electron chi connectivity index (χ4n) is 4.24. The zero-order valence-corrected chi connectivity index (χ0v) is 13.0. The van der Waals surface area contributed by atoms with Crippen molar-refractivity contribution in [1.82, 2.24) is 15.1 Å². The van der Waals surface area contributed by atoms with E-state index in [-0.39, 0.29) is 12.1 Å². The van der Waals surface area contributed by atoms with E-state index in [0.29, 0.717) is 5.92 Å². The van der Waals surface area contributed by atoms with Gasteiger partial charge in [0.25, 0.3) is 0 Å². The topological polar surface area (TPSA) is 38.7 Å². The van der Waals surface area contributed by atoms with Gasteiger partial charge < -0.3 is 10.4 Å². The van der Waals surface area contributed by atoms with Crippen LogP contribution in [0.25, 0.3) is 0 Å². The van der Waals surface area contributed by atoms with Gasteiger partial charge in [0, 0.05) is 19.1 Å².